The number of carbonyl (C=O) groups is 2. The quantitative estimate of drug-likeness (QED) is 0.531. The Kier molecular flexibility index (Phi) is 6.39. The molecule has 0 saturated carbocycles. The average molecular weight is 489 g/mol. The highest BCUT2D eigenvalue weighted by molar-refractivity contribution is 6.33. The summed E-state index contributed by atoms with van der Waals surface area (Å²) in [6.07, 6.45) is -0.238. The molecule has 3 aromatic carbocycles. The number of hydrogen-bond donors (Lipinski definition) is 1. The van der Waals surface area contributed by atoms with Crippen molar-refractivity contribution in [3.8, 4) is 0 Å². The molecule has 5 rings (SSSR count). The van der Waals surface area contributed by atoms with Crippen molar-refractivity contribution >= 4 is 34.8 Å². The highest BCUT2D eigenvalue weighted by Gasteiger charge is 2.37. The van der Waals surface area contributed by atoms with Crippen molar-refractivity contribution < 1.29 is 9.59 Å². The molecule has 1 unspecified atom stereocenters. The first-order valence-corrected chi connectivity index (χ1v) is 12.4. The molecule has 35 heavy (non-hydrogen) atoms. The van der Waals surface area contributed by atoms with Crippen LogP contribution in [0.5, 0.6) is 0 Å². The summed E-state index contributed by atoms with van der Waals surface area (Å²) in [5.74, 6) is 0.0661. The SMILES string of the molecule is CC(C)N1C(=O)c2ccccc2C1Nc1ccc(C(=O)N2CCN(c3ccccc3Cl)CC2)cc1. The largest absolute Gasteiger partial charge is 0.367 e. The van der Waals surface area contributed by atoms with Gasteiger partial charge in [0.1, 0.15) is 6.17 Å². The predicted molar refractivity (Wildman–Crippen MR) is 140 cm³/mol. The van der Waals surface area contributed by atoms with Crippen LogP contribution in [-0.4, -0.2) is 53.8 Å². The lowest BCUT2D eigenvalue weighted by Crippen LogP contribution is -2.48. The number of anilines is 2. The Morgan fingerprint density at radius 3 is 2.26 bits per heavy atom. The summed E-state index contributed by atoms with van der Waals surface area (Å²) in [6, 6.07) is 23.1. The molecule has 1 fully saturated rings. The lowest BCUT2D eigenvalue weighted by Gasteiger charge is -2.36. The van der Waals surface area contributed by atoms with Gasteiger partial charge in [-0.15, -0.1) is 0 Å². The van der Waals surface area contributed by atoms with E-state index in [0.717, 1.165) is 40.6 Å². The average Bonchev–Trinajstić information content (AvgIpc) is 3.16. The van der Waals surface area contributed by atoms with Crippen LogP contribution >= 0.6 is 11.6 Å². The third-order valence-electron chi connectivity index (χ3n) is 6.75. The van der Waals surface area contributed by atoms with E-state index in [1.54, 1.807) is 0 Å². The number of nitrogens with zero attached hydrogens (tertiary/aromatic N) is 3. The Bertz CT molecular complexity index is 1240. The second-order valence-electron chi connectivity index (χ2n) is 9.25. The second kappa shape index (κ2) is 9.62. The Hall–Kier alpha value is -3.51. The van der Waals surface area contributed by atoms with Gasteiger partial charge in [0, 0.05) is 54.6 Å². The number of carbonyl (C=O) groups excluding carboxylic acids is 2. The van der Waals surface area contributed by atoms with Gasteiger partial charge >= 0.3 is 0 Å². The minimum Gasteiger partial charge on any atom is -0.367 e. The fourth-order valence-corrected chi connectivity index (χ4v) is 5.18. The van der Waals surface area contributed by atoms with Crippen LogP contribution in [0.15, 0.2) is 72.8 Å². The van der Waals surface area contributed by atoms with Crippen LogP contribution in [0.3, 0.4) is 0 Å². The molecule has 3 aromatic rings. The van der Waals surface area contributed by atoms with Crippen LogP contribution in [-0.2, 0) is 0 Å². The lowest BCUT2D eigenvalue weighted by molar-refractivity contribution is 0.0684. The summed E-state index contributed by atoms with van der Waals surface area (Å²) in [5, 5.41) is 4.23. The third-order valence-corrected chi connectivity index (χ3v) is 7.07. The molecule has 0 radical (unpaired) electrons. The highest BCUT2D eigenvalue weighted by Crippen LogP contribution is 2.36. The van der Waals surface area contributed by atoms with Crippen LogP contribution in [0.4, 0.5) is 11.4 Å². The molecule has 0 aliphatic carbocycles. The first kappa shape index (κ1) is 23.2. The topological polar surface area (TPSA) is 55.9 Å². The zero-order valence-corrected chi connectivity index (χ0v) is 20.7. The summed E-state index contributed by atoms with van der Waals surface area (Å²) in [6.45, 7) is 6.82. The molecule has 2 heterocycles. The highest BCUT2D eigenvalue weighted by atomic mass is 35.5. The van der Waals surface area contributed by atoms with Crippen LogP contribution < -0.4 is 10.2 Å². The van der Waals surface area contributed by atoms with E-state index >= 15 is 0 Å². The van der Waals surface area contributed by atoms with Gasteiger partial charge < -0.3 is 20.0 Å². The van der Waals surface area contributed by atoms with Gasteiger partial charge in [-0.25, -0.2) is 0 Å². The lowest BCUT2D eigenvalue weighted by atomic mass is 10.1. The maximum atomic E-state index is 13.1. The Morgan fingerprint density at radius 1 is 0.914 bits per heavy atom. The van der Waals surface area contributed by atoms with Crippen LogP contribution in [0.1, 0.15) is 46.3 Å². The molecule has 0 aromatic heterocycles. The van der Waals surface area contributed by atoms with E-state index < -0.39 is 0 Å². The molecule has 6 nitrogen and oxygen atoms in total. The van der Waals surface area contributed by atoms with Gasteiger partial charge in [-0.05, 0) is 56.3 Å². The summed E-state index contributed by atoms with van der Waals surface area (Å²) in [4.78, 5) is 32.0. The second-order valence-corrected chi connectivity index (χ2v) is 9.66. The molecule has 2 aliphatic heterocycles. The third kappa shape index (κ3) is 4.46. The number of nitrogens with one attached hydrogen (secondary N) is 1. The van der Waals surface area contributed by atoms with Crippen molar-refractivity contribution in [2.24, 2.45) is 0 Å². The van der Waals surface area contributed by atoms with Crippen LogP contribution in [0, 0.1) is 0 Å². The number of amides is 2. The van der Waals surface area contributed by atoms with Crippen LogP contribution in [0.25, 0.3) is 0 Å². The minimum atomic E-state index is -0.238. The molecule has 2 aliphatic rings. The number of fused-ring (bicyclic) bond motifs is 1. The van der Waals surface area contributed by atoms with Gasteiger partial charge in [-0.3, -0.25) is 9.59 Å². The number of benzene rings is 3. The van der Waals surface area contributed by atoms with E-state index in [2.05, 4.69) is 10.2 Å². The van der Waals surface area contributed by atoms with Gasteiger partial charge in [0.2, 0.25) is 0 Å². The molecule has 1 atom stereocenters. The van der Waals surface area contributed by atoms with Gasteiger partial charge in [-0.2, -0.15) is 0 Å². The zero-order valence-electron chi connectivity index (χ0n) is 19.9. The fraction of sp³-hybridized carbons (Fsp3) is 0.286. The molecule has 2 amide bonds. The Balaban J connectivity index is 1.25. The number of rotatable bonds is 5. The normalized spacial score (nSPS) is 17.7. The van der Waals surface area contributed by atoms with E-state index in [1.165, 1.54) is 0 Å². The van der Waals surface area contributed by atoms with Gasteiger partial charge in [0.05, 0.1) is 10.7 Å². The monoisotopic (exact) mass is 488 g/mol. The van der Waals surface area contributed by atoms with E-state index in [1.807, 2.05) is 96.4 Å². The maximum Gasteiger partial charge on any atom is 0.256 e. The molecule has 7 heteroatoms. The number of para-hydroxylation sites is 1. The summed E-state index contributed by atoms with van der Waals surface area (Å²) < 4.78 is 0. The molecule has 1 N–H and O–H groups in total. The maximum absolute atomic E-state index is 13.1. The molecule has 180 valence electrons. The summed E-state index contributed by atoms with van der Waals surface area (Å²) in [7, 11) is 0. The smallest absolute Gasteiger partial charge is 0.256 e. The summed E-state index contributed by atoms with van der Waals surface area (Å²) >= 11 is 6.34. The fourth-order valence-electron chi connectivity index (χ4n) is 4.92. The van der Waals surface area contributed by atoms with Crippen molar-refractivity contribution in [2.75, 3.05) is 36.4 Å². The standard InChI is InChI=1S/C28H29ClN4O2/c1-19(2)33-26(22-7-3-4-8-23(22)28(33)35)30-21-13-11-20(12-14-21)27(34)32-17-15-31(16-18-32)25-10-6-5-9-24(25)29/h3-14,19,26,30H,15-18H2,1-2H3. The molecular formula is C28H29ClN4O2. The number of piperazine rings is 1. The summed E-state index contributed by atoms with van der Waals surface area (Å²) in [5.41, 5.74) is 4.25. The molecular weight excluding hydrogens is 460 g/mol. The Labute approximate surface area is 211 Å². The van der Waals surface area contributed by atoms with E-state index in [0.29, 0.717) is 18.7 Å². The van der Waals surface area contributed by atoms with E-state index in [4.69, 9.17) is 11.6 Å². The van der Waals surface area contributed by atoms with Gasteiger partial charge in [0.15, 0.2) is 0 Å². The van der Waals surface area contributed by atoms with Crippen molar-refractivity contribution in [2.45, 2.75) is 26.1 Å². The Morgan fingerprint density at radius 2 is 1.57 bits per heavy atom. The van der Waals surface area contributed by atoms with Gasteiger partial charge in [0.25, 0.3) is 11.8 Å². The van der Waals surface area contributed by atoms with Crippen molar-refractivity contribution in [3.63, 3.8) is 0 Å². The predicted octanol–water partition coefficient (Wildman–Crippen LogP) is 5.28. The first-order chi connectivity index (χ1) is 16.9. The van der Waals surface area contributed by atoms with Crippen molar-refractivity contribution in [1.82, 2.24) is 9.80 Å². The first-order valence-electron chi connectivity index (χ1n) is 12.0. The zero-order chi connectivity index (χ0) is 24.5. The van der Waals surface area contributed by atoms with Crippen molar-refractivity contribution in [3.05, 3.63) is 94.5 Å². The van der Waals surface area contributed by atoms with E-state index in [-0.39, 0.29) is 24.0 Å². The van der Waals surface area contributed by atoms with E-state index in [9.17, 15) is 9.59 Å². The van der Waals surface area contributed by atoms with Crippen molar-refractivity contribution in [1.29, 1.82) is 0 Å². The van der Waals surface area contributed by atoms with Gasteiger partial charge in [-0.1, -0.05) is 41.9 Å². The molecule has 1 saturated heterocycles. The molecule has 0 spiro atoms. The molecule has 0 bridgehead atoms. The minimum absolute atomic E-state index is 0.0283. The number of hydrogen-bond acceptors (Lipinski definition) is 4. The number of halogens is 1. The van der Waals surface area contributed by atoms with Crippen LogP contribution in [0.2, 0.25) is 5.02 Å².